The standard InChI is InChI=1S/C31H44N2O9/c1-31(2,3)42-29(35)28(40-21-20-39-19-18-38-17-16-37-15-14-32)27(34)26(22-24-10-6-4-7-11-24)33-30(36)41-23-25-12-8-5-9-13-25/h4-13,26,28H,14-23,32H2,1-3H3,(H,33,36)/t26-,28?/m0/s1. The zero-order chi connectivity index (χ0) is 30.6. The molecule has 0 saturated carbocycles. The van der Waals surface area contributed by atoms with Gasteiger partial charge in [-0.25, -0.2) is 9.59 Å². The van der Waals surface area contributed by atoms with Crippen LogP contribution in [0.3, 0.4) is 0 Å². The Morgan fingerprint density at radius 1 is 0.762 bits per heavy atom. The van der Waals surface area contributed by atoms with Crippen LogP contribution in [0.5, 0.6) is 0 Å². The highest BCUT2D eigenvalue weighted by Crippen LogP contribution is 2.14. The maximum Gasteiger partial charge on any atom is 0.408 e. The lowest BCUT2D eigenvalue weighted by Gasteiger charge is -2.26. The summed E-state index contributed by atoms with van der Waals surface area (Å²) in [5.74, 6) is -1.52. The van der Waals surface area contributed by atoms with E-state index < -0.39 is 35.6 Å². The molecule has 0 radical (unpaired) electrons. The molecule has 1 unspecified atom stereocenters. The molecule has 11 nitrogen and oxygen atoms in total. The zero-order valence-electron chi connectivity index (χ0n) is 24.8. The van der Waals surface area contributed by atoms with Crippen molar-refractivity contribution in [3.8, 4) is 0 Å². The van der Waals surface area contributed by atoms with E-state index in [9.17, 15) is 14.4 Å². The number of carbonyl (C=O) groups excluding carboxylic acids is 3. The van der Waals surface area contributed by atoms with Crippen LogP contribution in [0.4, 0.5) is 4.79 Å². The molecular formula is C31H44N2O9. The highest BCUT2D eigenvalue weighted by Gasteiger charge is 2.37. The van der Waals surface area contributed by atoms with Crippen molar-refractivity contribution in [1.82, 2.24) is 5.32 Å². The summed E-state index contributed by atoms with van der Waals surface area (Å²) < 4.78 is 32.6. The predicted molar refractivity (Wildman–Crippen MR) is 156 cm³/mol. The Morgan fingerprint density at radius 2 is 1.29 bits per heavy atom. The average molecular weight is 589 g/mol. The fraction of sp³-hybridized carbons (Fsp3) is 0.516. The van der Waals surface area contributed by atoms with Crippen LogP contribution in [0.15, 0.2) is 60.7 Å². The molecule has 0 aliphatic rings. The van der Waals surface area contributed by atoms with Crippen LogP contribution in [0.2, 0.25) is 0 Å². The van der Waals surface area contributed by atoms with Gasteiger partial charge in [0, 0.05) is 6.54 Å². The molecule has 42 heavy (non-hydrogen) atoms. The van der Waals surface area contributed by atoms with Crippen LogP contribution < -0.4 is 11.1 Å². The van der Waals surface area contributed by atoms with Crippen LogP contribution in [0, 0.1) is 0 Å². The Kier molecular flexibility index (Phi) is 16.4. The summed E-state index contributed by atoms with van der Waals surface area (Å²) in [5, 5.41) is 2.61. The zero-order valence-corrected chi connectivity index (χ0v) is 24.8. The first-order valence-corrected chi connectivity index (χ1v) is 14.0. The van der Waals surface area contributed by atoms with Gasteiger partial charge in [-0.1, -0.05) is 60.7 Å². The van der Waals surface area contributed by atoms with Gasteiger partial charge in [0.25, 0.3) is 0 Å². The number of ether oxygens (including phenoxy) is 6. The number of Topliss-reactive ketones (excluding diaryl/α,β-unsaturated/α-hetero) is 1. The number of nitrogens with one attached hydrogen (secondary N) is 1. The van der Waals surface area contributed by atoms with Crippen molar-refractivity contribution >= 4 is 17.8 Å². The second kappa shape index (κ2) is 19.7. The van der Waals surface area contributed by atoms with Crippen molar-refractivity contribution in [3.05, 3.63) is 71.8 Å². The fourth-order valence-corrected chi connectivity index (χ4v) is 3.63. The van der Waals surface area contributed by atoms with Gasteiger partial charge in [-0.05, 0) is 38.3 Å². The molecule has 0 bridgehead atoms. The van der Waals surface area contributed by atoms with Gasteiger partial charge in [-0.15, -0.1) is 0 Å². The summed E-state index contributed by atoms with van der Waals surface area (Å²) in [7, 11) is 0. The quantitative estimate of drug-likeness (QED) is 0.135. The molecule has 0 heterocycles. The molecule has 0 spiro atoms. The number of esters is 1. The topological polar surface area (TPSA) is 145 Å². The predicted octanol–water partition coefficient (Wildman–Crippen LogP) is 2.83. The minimum absolute atomic E-state index is 0.0205. The molecule has 0 fully saturated rings. The lowest BCUT2D eigenvalue weighted by atomic mass is 9.99. The molecule has 2 aromatic carbocycles. The number of amides is 1. The molecule has 0 aliphatic heterocycles. The first-order chi connectivity index (χ1) is 20.2. The van der Waals surface area contributed by atoms with Gasteiger partial charge in [0.1, 0.15) is 12.2 Å². The van der Waals surface area contributed by atoms with Crippen molar-refractivity contribution in [1.29, 1.82) is 0 Å². The number of ketones is 1. The van der Waals surface area contributed by atoms with Crippen LogP contribution in [-0.4, -0.2) is 88.4 Å². The van der Waals surface area contributed by atoms with E-state index in [0.29, 0.717) is 33.0 Å². The largest absolute Gasteiger partial charge is 0.458 e. The maximum absolute atomic E-state index is 13.7. The van der Waals surface area contributed by atoms with Gasteiger partial charge in [-0.2, -0.15) is 0 Å². The third-order valence-electron chi connectivity index (χ3n) is 5.53. The Labute approximate surface area is 247 Å². The number of hydrogen-bond donors (Lipinski definition) is 2. The minimum atomic E-state index is -1.59. The molecule has 2 atom stereocenters. The number of hydrogen-bond acceptors (Lipinski definition) is 10. The second-order valence-corrected chi connectivity index (χ2v) is 10.3. The Morgan fingerprint density at radius 3 is 1.83 bits per heavy atom. The van der Waals surface area contributed by atoms with E-state index in [1.165, 1.54) is 0 Å². The molecule has 232 valence electrons. The number of carbonyl (C=O) groups is 3. The van der Waals surface area contributed by atoms with Crippen molar-refractivity contribution in [2.45, 2.75) is 51.5 Å². The van der Waals surface area contributed by atoms with Gasteiger partial charge in [-0.3, -0.25) is 4.79 Å². The molecule has 2 aromatic rings. The molecule has 0 aliphatic carbocycles. The molecular weight excluding hydrogens is 544 g/mol. The van der Waals surface area contributed by atoms with E-state index in [-0.39, 0.29) is 32.8 Å². The number of nitrogens with two attached hydrogens (primary N) is 1. The van der Waals surface area contributed by atoms with E-state index >= 15 is 0 Å². The smallest absolute Gasteiger partial charge is 0.408 e. The summed E-state index contributed by atoms with van der Waals surface area (Å²) in [5.41, 5.74) is 6.06. The van der Waals surface area contributed by atoms with Gasteiger partial charge >= 0.3 is 12.1 Å². The van der Waals surface area contributed by atoms with Crippen LogP contribution in [-0.2, 0) is 51.0 Å². The van der Waals surface area contributed by atoms with Gasteiger partial charge < -0.3 is 39.5 Å². The Hall–Kier alpha value is -3.35. The summed E-state index contributed by atoms with van der Waals surface area (Å²) in [6.07, 6.45) is -2.27. The lowest BCUT2D eigenvalue weighted by molar-refractivity contribution is -0.172. The highest BCUT2D eigenvalue weighted by atomic mass is 16.6. The first-order valence-electron chi connectivity index (χ1n) is 14.0. The molecule has 2 rings (SSSR count). The summed E-state index contributed by atoms with van der Waals surface area (Å²) in [6.45, 7) is 7.56. The summed E-state index contributed by atoms with van der Waals surface area (Å²) >= 11 is 0. The highest BCUT2D eigenvalue weighted by molar-refractivity contribution is 6.05. The number of rotatable bonds is 20. The van der Waals surface area contributed by atoms with E-state index in [1.807, 2.05) is 60.7 Å². The molecule has 1 amide bonds. The summed E-state index contributed by atoms with van der Waals surface area (Å²) in [6, 6.07) is 17.2. The maximum atomic E-state index is 13.7. The van der Waals surface area contributed by atoms with Crippen molar-refractivity contribution in [2.75, 3.05) is 52.8 Å². The van der Waals surface area contributed by atoms with Crippen molar-refractivity contribution < 1.29 is 42.8 Å². The lowest BCUT2D eigenvalue weighted by Crippen LogP contribution is -2.51. The SMILES string of the molecule is CC(C)(C)OC(=O)C(OCCOCCOCCOCCN)C(=O)[C@H](Cc1ccccc1)NC(=O)OCc1ccccc1. The molecule has 11 heteroatoms. The van der Waals surface area contributed by atoms with Crippen LogP contribution in [0.1, 0.15) is 31.9 Å². The van der Waals surface area contributed by atoms with E-state index in [0.717, 1.165) is 11.1 Å². The second-order valence-electron chi connectivity index (χ2n) is 10.3. The number of alkyl carbamates (subject to hydrolysis) is 1. The van der Waals surface area contributed by atoms with E-state index in [2.05, 4.69) is 5.32 Å². The monoisotopic (exact) mass is 588 g/mol. The van der Waals surface area contributed by atoms with Gasteiger partial charge in [0.15, 0.2) is 5.78 Å². The third-order valence-corrected chi connectivity index (χ3v) is 5.53. The Bertz CT molecular complexity index is 1050. The van der Waals surface area contributed by atoms with Crippen LogP contribution in [0.25, 0.3) is 0 Å². The molecule has 0 aromatic heterocycles. The fourth-order valence-electron chi connectivity index (χ4n) is 3.63. The van der Waals surface area contributed by atoms with Gasteiger partial charge in [0.05, 0.1) is 52.3 Å². The van der Waals surface area contributed by atoms with E-state index in [1.54, 1.807) is 20.8 Å². The van der Waals surface area contributed by atoms with Crippen molar-refractivity contribution in [2.24, 2.45) is 5.73 Å². The van der Waals surface area contributed by atoms with E-state index in [4.69, 9.17) is 34.2 Å². The van der Waals surface area contributed by atoms with Crippen molar-refractivity contribution in [3.63, 3.8) is 0 Å². The molecule has 3 N–H and O–H groups in total. The number of benzene rings is 2. The Balaban J connectivity index is 2.01. The van der Waals surface area contributed by atoms with Gasteiger partial charge in [0.2, 0.25) is 6.10 Å². The van der Waals surface area contributed by atoms with Crippen LogP contribution >= 0.6 is 0 Å². The summed E-state index contributed by atoms with van der Waals surface area (Å²) in [4.78, 5) is 39.5. The molecule has 0 saturated heterocycles. The third kappa shape index (κ3) is 15.0. The first kappa shape index (κ1) is 34.8. The normalized spacial score (nSPS) is 12.8. The average Bonchev–Trinajstić information content (AvgIpc) is 2.96. The minimum Gasteiger partial charge on any atom is -0.458 e.